The van der Waals surface area contributed by atoms with Crippen molar-refractivity contribution < 1.29 is 9.47 Å². The SMILES string of the molecule is COc1ccc(CCNC2CCc3c(sc4ncn(CC5CCCCC5)c(=O)c34)C2)cc1OC. The minimum atomic E-state index is 0.174. The van der Waals surface area contributed by atoms with Crippen molar-refractivity contribution >= 4 is 21.6 Å². The van der Waals surface area contributed by atoms with E-state index in [2.05, 4.69) is 17.4 Å². The Morgan fingerprint density at radius 1 is 1.12 bits per heavy atom. The first-order chi connectivity index (χ1) is 16.7. The molecule has 1 saturated carbocycles. The van der Waals surface area contributed by atoms with Gasteiger partial charge in [-0.3, -0.25) is 9.36 Å². The summed E-state index contributed by atoms with van der Waals surface area (Å²) in [5.74, 6) is 2.16. The molecule has 1 aromatic carbocycles. The third-order valence-electron chi connectivity index (χ3n) is 7.51. The minimum absolute atomic E-state index is 0.174. The molecular weight excluding hydrogens is 446 g/mol. The van der Waals surface area contributed by atoms with Gasteiger partial charge in [0.15, 0.2) is 11.5 Å². The molecular formula is C27H35N3O3S. The summed E-state index contributed by atoms with van der Waals surface area (Å²) in [7, 11) is 3.33. The predicted molar refractivity (Wildman–Crippen MR) is 138 cm³/mol. The third kappa shape index (κ3) is 4.86. The van der Waals surface area contributed by atoms with Gasteiger partial charge in [0, 0.05) is 17.5 Å². The van der Waals surface area contributed by atoms with Crippen LogP contribution in [0.15, 0.2) is 29.3 Å². The number of ether oxygens (including phenoxy) is 2. The Labute approximate surface area is 205 Å². The van der Waals surface area contributed by atoms with Crippen LogP contribution in [0.2, 0.25) is 0 Å². The Kier molecular flexibility index (Phi) is 7.21. The molecule has 34 heavy (non-hydrogen) atoms. The highest BCUT2D eigenvalue weighted by Crippen LogP contribution is 2.34. The van der Waals surface area contributed by atoms with Gasteiger partial charge in [-0.15, -0.1) is 11.3 Å². The Morgan fingerprint density at radius 2 is 1.94 bits per heavy atom. The van der Waals surface area contributed by atoms with Crippen molar-refractivity contribution in [2.75, 3.05) is 20.8 Å². The van der Waals surface area contributed by atoms with E-state index in [0.29, 0.717) is 12.0 Å². The second-order valence-corrected chi connectivity index (χ2v) is 10.8. The molecule has 1 unspecified atom stereocenters. The van der Waals surface area contributed by atoms with E-state index in [4.69, 9.17) is 14.5 Å². The van der Waals surface area contributed by atoms with Crippen LogP contribution >= 0.6 is 11.3 Å². The number of hydrogen-bond acceptors (Lipinski definition) is 6. The number of nitrogens with zero attached hydrogens (tertiary/aromatic N) is 2. The lowest BCUT2D eigenvalue weighted by Gasteiger charge is -2.24. The normalized spacial score (nSPS) is 18.7. The first-order valence-electron chi connectivity index (χ1n) is 12.6. The molecule has 6 nitrogen and oxygen atoms in total. The molecule has 2 aliphatic rings. The summed E-state index contributed by atoms with van der Waals surface area (Å²) < 4.78 is 12.6. The Balaban J connectivity index is 1.23. The van der Waals surface area contributed by atoms with Gasteiger partial charge in [0.05, 0.1) is 25.9 Å². The molecule has 0 amide bonds. The number of benzene rings is 1. The lowest BCUT2D eigenvalue weighted by Crippen LogP contribution is -2.35. The number of methoxy groups -OCH3 is 2. The molecule has 7 heteroatoms. The lowest BCUT2D eigenvalue weighted by atomic mass is 9.89. The fourth-order valence-corrected chi connectivity index (χ4v) is 6.87. The maximum absolute atomic E-state index is 13.3. The average Bonchev–Trinajstić information content (AvgIpc) is 3.25. The smallest absolute Gasteiger partial charge is 0.262 e. The molecule has 0 spiro atoms. The number of aromatic nitrogens is 2. The summed E-state index contributed by atoms with van der Waals surface area (Å²) in [6.45, 7) is 1.74. The summed E-state index contributed by atoms with van der Waals surface area (Å²) >= 11 is 1.72. The van der Waals surface area contributed by atoms with Gasteiger partial charge in [-0.05, 0) is 74.2 Å². The number of hydrogen-bond donors (Lipinski definition) is 1. The monoisotopic (exact) mass is 481 g/mol. The van der Waals surface area contributed by atoms with Crippen LogP contribution < -0.4 is 20.3 Å². The highest BCUT2D eigenvalue weighted by molar-refractivity contribution is 7.18. The van der Waals surface area contributed by atoms with Crippen LogP contribution in [0, 0.1) is 5.92 Å². The number of thiophene rings is 1. The highest BCUT2D eigenvalue weighted by Gasteiger charge is 2.25. The van der Waals surface area contributed by atoms with Gasteiger partial charge in [0.25, 0.3) is 5.56 Å². The first-order valence-corrected chi connectivity index (χ1v) is 13.4. The quantitative estimate of drug-likeness (QED) is 0.503. The van der Waals surface area contributed by atoms with Gasteiger partial charge in [-0.2, -0.15) is 0 Å². The number of aryl methyl sites for hydroxylation is 1. The van der Waals surface area contributed by atoms with Crippen molar-refractivity contribution in [1.82, 2.24) is 14.9 Å². The van der Waals surface area contributed by atoms with Crippen LogP contribution in [0.1, 0.15) is 54.5 Å². The van der Waals surface area contributed by atoms with E-state index in [1.165, 1.54) is 48.1 Å². The van der Waals surface area contributed by atoms with Crippen LogP contribution in [-0.2, 0) is 25.8 Å². The second kappa shape index (κ2) is 10.5. The molecule has 0 saturated heterocycles. The zero-order valence-electron chi connectivity index (χ0n) is 20.3. The Bertz CT molecular complexity index is 1200. The molecule has 0 aliphatic heterocycles. The zero-order chi connectivity index (χ0) is 23.5. The van der Waals surface area contributed by atoms with E-state index in [9.17, 15) is 4.79 Å². The molecule has 1 N–H and O–H groups in total. The standard InChI is InChI=1S/C27H35N3O3S/c1-32-22-11-8-18(14-23(22)33-2)12-13-28-20-9-10-21-24(15-20)34-26-25(21)27(31)30(17-29-26)16-19-6-4-3-5-7-19/h8,11,14,17,19-20,28H,3-7,9-10,12-13,15-16H2,1-2H3. The van der Waals surface area contributed by atoms with Crippen molar-refractivity contribution in [3.8, 4) is 11.5 Å². The van der Waals surface area contributed by atoms with E-state index in [1.807, 2.05) is 10.6 Å². The molecule has 0 radical (unpaired) electrons. The molecule has 1 fully saturated rings. The molecule has 2 aromatic heterocycles. The average molecular weight is 482 g/mol. The van der Waals surface area contributed by atoms with Crippen LogP contribution in [0.3, 0.4) is 0 Å². The molecule has 5 rings (SSSR count). The maximum atomic E-state index is 13.3. The number of fused-ring (bicyclic) bond motifs is 3. The summed E-state index contributed by atoms with van der Waals surface area (Å²) in [4.78, 5) is 20.3. The van der Waals surface area contributed by atoms with Gasteiger partial charge < -0.3 is 14.8 Å². The summed E-state index contributed by atoms with van der Waals surface area (Å²) in [5.41, 5.74) is 2.66. The van der Waals surface area contributed by atoms with Crippen LogP contribution in [-0.4, -0.2) is 36.4 Å². The fraction of sp³-hybridized carbons (Fsp3) is 0.556. The van der Waals surface area contributed by atoms with Crippen molar-refractivity contribution in [2.24, 2.45) is 5.92 Å². The first kappa shape index (κ1) is 23.4. The van der Waals surface area contributed by atoms with Crippen molar-refractivity contribution in [2.45, 2.75) is 70.4 Å². The maximum Gasteiger partial charge on any atom is 0.262 e. The largest absolute Gasteiger partial charge is 0.493 e. The molecule has 3 aromatic rings. The molecule has 2 heterocycles. The van der Waals surface area contributed by atoms with Crippen molar-refractivity contribution in [3.63, 3.8) is 0 Å². The summed E-state index contributed by atoms with van der Waals surface area (Å²) in [6, 6.07) is 6.55. The van der Waals surface area contributed by atoms with Crippen molar-refractivity contribution in [1.29, 1.82) is 0 Å². The van der Waals surface area contributed by atoms with E-state index in [0.717, 1.165) is 60.5 Å². The zero-order valence-corrected chi connectivity index (χ0v) is 21.1. The summed E-state index contributed by atoms with van der Waals surface area (Å²) in [5, 5.41) is 4.62. The van der Waals surface area contributed by atoms with E-state index in [1.54, 1.807) is 31.9 Å². The van der Waals surface area contributed by atoms with Gasteiger partial charge in [-0.1, -0.05) is 25.3 Å². The van der Waals surface area contributed by atoms with Crippen LogP contribution in [0.5, 0.6) is 11.5 Å². The Hall–Kier alpha value is -2.38. The Morgan fingerprint density at radius 3 is 2.74 bits per heavy atom. The fourth-order valence-electron chi connectivity index (χ4n) is 5.61. The van der Waals surface area contributed by atoms with Gasteiger partial charge in [0.2, 0.25) is 0 Å². The lowest BCUT2D eigenvalue weighted by molar-refractivity contribution is 0.315. The second-order valence-electron chi connectivity index (χ2n) is 9.72. The van der Waals surface area contributed by atoms with Gasteiger partial charge in [0.1, 0.15) is 4.83 Å². The number of rotatable bonds is 8. The van der Waals surface area contributed by atoms with Crippen LogP contribution in [0.25, 0.3) is 10.2 Å². The molecule has 182 valence electrons. The van der Waals surface area contributed by atoms with Crippen molar-refractivity contribution in [3.05, 3.63) is 50.9 Å². The van der Waals surface area contributed by atoms with E-state index >= 15 is 0 Å². The molecule has 0 bridgehead atoms. The topological polar surface area (TPSA) is 65.4 Å². The number of nitrogens with one attached hydrogen (secondary N) is 1. The van der Waals surface area contributed by atoms with E-state index < -0.39 is 0 Å². The van der Waals surface area contributed by atoms with Gasteiger partial charge >= 0.3 is 0 Å². The molecule has 2 aliphatic carbocycles. The predicted octanol–water partition coefficient (Wildman–Crippen LogP) is 4.75. The molecule has 1 atom stereocenters. The minimum Gasteiger partial charge on any atom is -0.493 e. The van der Waals surface area contributed by atoms with Crippen LogP contribution in [0.4, 0.5) is 0 Å². The van der Waals surface area contributed by atoms with Gasteiger partial charge in [-0.25, -0.2) is 4.98 Å². The highest BCUT2D eigenvalue weighted by atomic mass is 32.1. The third-order valence-corrected chi connectivity index (χ3v) is 8.67. The van der Waals surface area contributed by atoms with E-state index in [-0.39, 0.29) is 5.56 Å². The summed E-state index contributed by atoms with van der Waals surface area (Å²) in [6.07, 6.45) is 12.1.